The molecule has 0 fully saturated rings. The molecule has 1 aromatic carbocycles. The van der Waals surface area contributed by atoms with Crippen LogP contribution < -0.4 is 15.8 Å². The molecule has 1 heterocycles. The van der Waals surface area contributed by atoms with Crippen molar-refractivity contribution >= 4 is 28.6 Å². The maximum atomic E-state index is 12.9. The van der Waals surface area contributed by atoms with Crippen molar-refractivity contribution in [2.75, 3.05) is 26.4 Å². The summed E-state index contributed by atoms with van der Waals surface area (Å²) in [7, 11) is 4.19. The Labute approximate surface area is 165 Å². The Balaban J connectivity index is 2.22. The highest BCUT2D eigenvalue weighted by Gasteiger charge is 2.15. The Morgan fingerprint density at radius 2 is 1.96 bits per heavy atom. The molecule has 0 aliphatic heterocycles. The van der Waals surface area contributed by atoms with Crippen LogP contribution >= 0.6 is 11.8 Å². The highest BCUT2D eigenvalue weighted by atomic mass is 32.2. The summed E-state index contributed by atoms with van der Waals surface area (Å²) in [6.07, 6.45) is 0.881. The van der Waals surface area contributed by atoms with Gasteiger partial charge < -0.3 is 10.2 Å². The summed E-state index contributed by atoms with van der Waals surface area (Å²) in [5.41, 5.74) is 0.642. The molecule has 1 atom stereocenters. The maximum Gasteiger partial charge on any atom is 0.262 e. The van der Waals surface area contributed by atoms with Gasteiger partial charge in [-0.3, -0.25) is 14.2 Å². The minimum atomic E-state index is -0.0344. The van der Waals surface area contributed by atoms with Crippen LogP contribution in [0.4, 0.5) is 0 Å². The van der Waals surface area contributed by atoms with Gasteiger partial charge in [0.15, 0.2) is 5.16 Å². The number of thioether (sulfide) groups is 1. The van der Waals surface area contributed by atoms with Crippen LogP contribution in [-0.4, -0.2) is 47.9 Å². The van der Waals surface area contributed by atoms with Gasteiger partial charge in [-0.05, 0) is 25.0 Å². The molecular weight excluding hydrogens is 360 g/mol. The molecule has 0 radical (unpaired) electrons. The third-order valence-corrected chi connectivity index (χ3v) is 5.58. The van der Waals surface area contributed by atoms with Crippen molar-refractivity contribution < 1.29 is 9.69 Å². The first-order valence-corrected chi connectivity index (χ1v) is 10.5. The minimum Gasteiger partial charge on any atom is -0.353 e. The van der Waals surface area contributed by atoms with Crippen molar-refractivity contribution in [2.24, 2.45) is 5.92 Å². The van der Waals surface area contributed by atoms with Crippen molar-refractivity contribution in [1.29, 1.82) is 0 Å². The molecule has 0 aliphatic rings. The van der Waals surface area contributed by atoms with Crippen LogP contribution in [0.5, 0.6) is 0 Å². The Morgan fingerprint density at radius 1 is 1.26 bits per heavy atom. The van der Waals surface area contributed by atoms with Crippen molar-refractivity contribution in [3.63, 3.8) is 0 Å². The quantitative estimate of drug-likeness (QED) is 0.498. The lowest BCUT2D eigenvalue weighted by molar-refractivity contribution is -0.858. The van der Waals surface area contributed by atoms with E-state index in [9.17, 15) is 9.59 Å². The zero-order chi connectivity index (χ0) is 20.0. The number of carbonyl (C=O) groups is 1. The van der Waals surface area contributed by atoms with Gasteiger partial charge in [0.2, 0.25) is 5.91 Å². The molecule has 1 aromatic heterocycles. The average Bonchev–Trinajstić information content (AvgIpc) is 2.61. The second-order valence-corrected chi connectivity index (χ2v) is 8.51. The number of rotatable bonds is 9. The first-order valence-electron chi connectivity index (χ1n) is 9.50. The molecule has 2 rings (SSSR count). The molecular formula is C20H31N4O2S+. The molecule has 1 amide bonds. The first kappa shape index (κ1) is 21.4. The zero-order valence-electron chi connectivity index (χ0n) is 16.9. The van der Waals surface area contributed by atoms with E-state index in [0.29, 0.717) is 28.5 Å². The normalized spacial score (nSPS) is 12.7. The van der Waals surface area contributed by atoms with Gasteiger partial charge in [-0.1, -0.05) is 37.7 Å². The van der Waals surface area contributed by atoms with Crippen molar-refractivity contribution in [3.05, 3.63) is 34.6 Å². The van der Waals surface area contributed by atoms with E-state index in [1.165, 1.54) is 16.7 Å². The van der Waals surface area contributed by atoms with E-state index in [-0.39, 0.29) is 23.3 Å². The summed E-state index contributed by atoms with van der Waals surface area (Å²) in [6.45, 7) is 7.73. The van der Waals surface area contributed by atoms with Crippen molar-refractivity contribution in [3.8, 4) is 0 Å². The predicted molar refractivity (Wildman–Crippen MR) is 111 cm³/mol. The molecule has 0 saturated heterocycles. The Morgan fingerprint density at radius 3 is 2.63 bits per heavy atom. The van der Waals surface area contributed by atoms with Crippen LogP contribution in [-0.2, 0) is 11.3 Å². The molecule has 0 aliphatic carbocycles. The van der Waals surface area contributed by atoms with Crippen LogP contribution in [0.1, 0.15) is 27.2 Å². The molecule has 0 unspecified atom stereocenters. The minimum absolute atomic E-state index is 0.0344. The van der Waals surface area contributed by atoms with Crippen LogP contribution in [0, 0.1) is 5.92 Å². The Bertz CT molecular complexity index is 832. The maximum absolute atomic E-state index is 12.9. The number of hydrogen-bond donors (Lipinski definition) is 2. The topological polar surface area (TPSA) is 68.4 Å². The fourth-order valence-corrected chi connectivity index (χ4v) is 3.47. The third-order valence-electron chi connectivity index (χ3n) is 4.61. The standard InChI is InChI=1S/C20H30N4O2S/c1-14(2)15(3)21-18(25)13-27-20-22-17-10-7-6-9-16(17)19(26)24(20)12-8-11-23(4)5/h6-7,9-10,14-15H,8,11-13H2,1-5H3,(H,21,25)/p+1/t15-/m0/s1. The summed E-state index contributed by atoms with van der Waals surface area (Å²) in [5, 5.41) is 4.23. The predicted octanol–water partition coefficient (Wildman–Crippen LogP) is 1.18. The van der Waals surface area contributed by atoms with Gasteiger partial charge in [0.05, 0.1) is 37.3 Å². The smallest absolute Gasteiger partial charge is 0.262 e. The average molecular weight is 392 g/mol. The van der Waals surface area contributed by atoms with Gasteiger partial charge in [0.1, 0.15) is 0 Å². The van der Waals surface area contributed by atoms with E-state index in [1.54, 1.807) is 4.57 Å². The van der Waals surface area contributed by atoms with Crippen molar-refractivity contribution in [1.82, 2.24) is 14.9 Å². The number of quaternary nitrogens is 1. The molecule has 148 valence electrons. The van der Waals surface area contributed by atoms with E-state index in [0.717, 1.165) is 13.0 Å². The van der Waals surface area contributed by atoms with E-state index in [4.69, 9.17) is 0 Å². The molecule has 6 nitrogen and oxygen atoms in total. The molecule has 2 aromatic rings. The number of fused-ring (bicyclic) bond motifs is 1. The molecule has 0 bridgehead atoms. The summed E-state index contributed by atoms with van der Waals surface area (Å²) in [4.78, 5) is 31.2. The highest BCUT2D eigenvalue weighted by Crippen LogP contribution is 2.18. The summed E-state index contributed by atoms with van der Waals surface area (Å²) in [5.74, 6) is 0.596. The van der Waals surface area contributed by atoms with E-state index >= 15 is 0 Å². The van der Waals surface area contributed by atoms with Crippen LogP contribution in [0.25, 0.3) is 10.9 Å². The lowest BCUT2D eigenvalue weighted by Crippen LogP contribution is -3.05. The molecule has 7 heteroatoms. The summed E-state index contributed by atoms with van der Waals surface area (Å²) >= 11 is 1.33. The van der Waals surface area contributed by atoms with Gasteiger partial charge in [-0.15, -0.1) is 0 Å². The van der Waals surface area contributed by atoms with Gasteiger partial charge in [0.25, 0.3) is 5.56 Å². The van der Waals surface area contributed by atoms with Gasteiger partial charge in [-0.25, -0.2) is 4.98 Å². The molecule has 27 heavy (non-hydrogen) atoms. The molecule has 2 N–H and O–H groups in total. The number of amides is 1. The van der Waals surface area contributed by atoms with E-state index in [2.05, 4.69) is 38.2 Å². The van der Waals surface area contributed by atoms with E-state index < -0.39 is 0 Å². The number of para-hydroxylation sites is 1. The highest BCUT2D eigenvalue weighted by molar-refractivity contribution is 7.99. The zero-order valence-corrected chi connectivity index (χ0v) is 17.7. The second kappa shape index (κ2) is 9.90. The Kier molecular flexibility index (Phi) is 7.86. The molecule has 0 saturated carbocycles. The van der Waals surface area contributed by atoms with E-state index in [1.807, 2.05) is 31.2 Å². The SMILES string of the molecule is CC(C)[C@H](C)NC(=O)CSc1nc2ccccc2c(=O)n1CCC[NH+](C)C. The lowest BCUT2D eigenvalue weighted by atomic mass is 10.1. The monoisotopic (exact) mass is 391 g/mol. The number of aromatic nitrogens is 2. The number of carbonyl (C=O) groups excluding carboxylic acids is 1. The van der Waals surface area contributed by atoms with Crippen LogP contribution in [0.2, 0.25) is 0 Å². The van der Waals surface area contributed by atoms with Crippen LogP contribution in [0.15, 0.2) is 34.2 Å². The summed E-state index contributed by atoms with van der Waals surface area (Å²) < 4.78 is 1.72. The third kappa shape index (κ3) is 6.07. The second-order valence-electron chi connectivity index (χ2n) is 7.57. The fraction of sp³-hybridized carbons (Fsp3) is 0.550. The van der Waals surface area contributed by atoms with Gasteiger partial charge >= 0.3 is 0 Å². The number of nitrogens with one attached hydrogen (secondary N) is 2. The molecule has 0 spiro atoms. The number of hydrogen-bond acceptors (Lipinski definition) is 4. The number of nitrogens with zero attached hydrogens (tertiary/aromatic N) is 2. The largest absolute Gasteiger partial charge is 0.353 e. The van der Waals surface area contributed by atoms with Gasteiger partial charge in [-0.2, -0.15) is 0 Å². The first-order chi connectivity index (χ1) is 12.8. The fourth-order valence-electron chi connectivity index (χ4n) is 2.64. The van der Waals surface area contributed by atoms with Crippen LogP contribution in [0.3, 0.4) is 0 Å². The lowest BCUT2D eigenvalue weighted by Gasteiger charge is -2.18. The van der Waals surface area contributed by atoms with Gasteiger partial charge in [0, 0.05) is 19.0 Å². The summed E-state index contributed by atoms with van der Waals surface area (Å²) in [6, 6.07) is 7.50. The van der Waals surface area contributed by atoms with Crippen molar-refractivity contribution in [2.45, 2.75) is 44.9 Å². The number of benzene rings is 1. The Hall–Kier alpha value is -1.86.